The summed E-state index contributed by atoms with van der Waals surface area (Å²) in [5, 5.41) is 3.43. The van der Waals surface area contributed by atoms with E-state index < -0.39 is 0 Å². The van der Waals surface area contributed by atoms with E-state index in [1.807, 2.05) is 18.2 Å². The summed E-state index contributed by atoms with van der Waals surface area (Å²) in [6.07, 6.45) is 1.02. The molecular formula is C18H23NO2. The standard InChI is InChI=1S/C18H23NO2/c1-3-10-21-18-9-5-6-15(12-18)13-19-17-8-4-7-16(11-17)14-20-2/h4-9,11-12,19H,3,10,13-14H2,1-2H3. The molecule has 3 heteroatoms. The van der Waals surface area contributed by atoms with Gasteiger partial charge in [0.25, 0.3) is 0 Å². The maximum absolute atomic E-state index is 5.65. The van der Waals surface area contributed by atoms with Crippen LogP contribution in [-0.2, 0) is 17.9 Å². The first-order chi connectivity index (χ1) is 10.3. The van der Waals surface area contributed by atoms with Gasteiger partial charge < -0.3 is 14.8 Å². The molecule has 0 heterocycles. The van der Waals surface area contributed by atoms with Crippen LogP contribution < -0.4 is 10.1 Å². The highest BCUT2D eigenvalue weighted by Gasteiger charge is 1.99. The van der Waals surface area contributed by atoms with Crippen molar-refractivity contribution in [3.05, 3.63) is 59.7 Å². The Labute approximate surface area is 126 Å². The minimum atomic E-state index is 0.635. The number of ether oxygens (including phenoxy) is 2. The molecule has 0 aliphatic heterocycles. The average Bonchev–Trinajstić information content (AvgIpc) is 2.52. The van der Waals surface area contributed by atoms with E-state index in [2.05, 4.69) is 42.6 Å². The number of anilines is 1. The third-order valence-electron chi connectivity index (χ3n) is 3.11. The summed E-state index contributed by atoms with van der Waals surface area (Å²) < 4.78 is 10.8. The van der Waals surface area contributed by atoms with E-state index in [1.165, 1.54) is 11.1 Å². The summed E-state index contributed by atoms with van der Waals surface area (Å²) in [7, 11) is 1.71. The Morgan fingerprint density at radius 3 is 2.62 bits per heavy atom. The lowest BCUT2D eigenvalue weighted by Crippen LogP contribution is -2.01. The SMILES string of the molecule is CCCOc1cccc(CNc2cccc(COC)c2)c1. The zero-order valence-corrected chi connectivity index (χ0v) is 12.8. The monoisotopic (exact) mass is 285 g/mol. The molecule has 0 bridgehead atoms. The van der Waals surface area contributed by atoms with Gasteiger partial charge in [0.2, 0.25) is 0 Å². The van der Waals surface area contributed by atoms with Crippen LogP contribution in [0.15, 0.2) is 48.5 Å². The molecule has 2 aromatic rings. The number of rotatable bonds is 8. The molecule has 0 saturated carbocycles. The average molecular weight is 285 g/mol. The van der Waals surface area contributed by atoms with Gasteiger partial charge in [-0.05, 0) is 41.8 Å². The van der Waals surface area contributed by atoms with Crippen LogP contribution in [-0.4, -0.2) is 13.7 Å². The molecule has 2 rings (SSSR count). The molecule has 0 radical (unpaired) electrons. The second-order valence-corrected chi connectivity index (χ2v) is 4.98. The second kappa shape index (κ2) is 8.32. The molecule has 0 atom stereocenters. The predicted molar refractivity (Wildman–Crippen MR) is 86.7 cm³/mol. The lowest BCUT2D eigenvalue weighted by molar-refractivity contribution is 0.185. The van der Waals surface area contributed by atoms with Crippen molar-refractivity contribution >= 4 is 5.69 Å². The Kier molecular flexibility index (Phi) is 6.10. The molecule has 0 unspecified atom stereocenters. The van der Waals surface area contributed by atoms with Gasteiger partial charge in [-0.2, -0.15) is 0 Å². The Balaban J connectivity index is 1.94. The molecule has 3 nitrogen and oxygen atoms in total. The van der Waals surface area contributed by atoms with Crippen LogP contribution in [0.5, 0.6) is 5.75 Å². The minimum Gasteiger partial charge on any atom is -0.494 e. The Morgan fingerprint density at radius 1 is 1.00 bits per heavy atom. The van der Waals surface area contributed by atoms with Gasteiger partial charge in [-0.1, -0.05) is 31.2 Å². The summed E-state index contributed by atoms with van der Waals surface area (Å²) in [4.78, 5) is 0. The minimum absolute atomic E-state index is 0.635. The van der Waals surface area contributed by atoms with Gasteiger partial charge in [0, 0.05) is 19.3 Å². The lowest BCUT2D eigenvalue weighted by atomic mass is 10.2. The first-order valence-corrected chi connectivity index (χ1v) is 7.35. The van der Waals surface area contributed by atoms with Crippen LogP contribution in [0.4, 0.5) is 5.69 Å². The van der Waals surface area contributed by atoms with Crippen molar-refractivity contribution in [2.75, 3.05) is 19.0 Å². The Hall–Kier alpha value is -2.00. The fourth-order valence-electron chi connectivity index (χ4n) is 2.11. The lowest BCUT2D eigenvalue weighted by Gasteiger charge is -2.10. The van der Waals surface area contributed by atoms with Crippen LogP contribution >= 0.6 is 0 Å². The van der Waals surface area contributed by atoms with Gasteiger partial charge in [-0.3, -0.25) is 0 Å². The van der Waals surface area contributed by atoms with E-state index in [9.17, 15) is 0 Å². The number of nitrogens with one attached hydrogen (secondary N) is 1. The molecule has 2 aromatic carbocycles. The third kappa shape index (κ3) is 5.12. The molecule has 1 N–H and O–H groups in total. The van der Waals surface area contributed by atoms with Crippen LogP contribution in [0.25, 0.3) is 0 Å². The summed E-state index contributed by atoms with van der Waals surface area (Å²) in [6.45, 7) is 4.28. The van der Waals surface area contributed by atoms with E-state index in [0.717, 1.165) is 31.0 Å². The van der Waals surface area contributed by atoms with Crippen LogP contribution in [0.1, 0.15) is 24.5 Å². The second-order valence-electron chi connectivity index (χ2n) is 4.98. The maximum Gasteiger partial charge on any atom is 0.119 e. The topological polar surface area (TPSA) is 30.5 Å². The Morgan fingerprint density at radius 2 is 1.81 bits per heavy atom. The summed E-state index contributed by atoms with van der Waals surface area (Å²) in [5.74, 6) is 0.935. The molecule has 0 aromatic heterocycles. The van der Waals surface area contributed by atoms with Crippen molar-refractivity contribution in [1.29, 1.82) is 0 Å². The van der Waals surface area contributed by atoms with E-state index in [-0.39, 0.29) is 0 Å². The van der Waals surface area contributed by atoms with Crippen molar-refractivity contribution in [2.45, 2.75) is 26.5 Å². The molecule has 0 aliphatic rings. The zero-order chi connectivity index (χ0) is 14.9. The molecular weight excluding hydrogens is 262 g/mol. The van der Waals surface area contributed by atoms with Crippen molar-refractivity contribution in [3.8, 4) is 5.75 Å². The first kappa shape index (κ1) is 15.4. The number of hydrogen-bond acceptors (Lipinski definition) is 3. The van der Waals surface area contributed by atoms with Crippen LogP contribution in [0, 0.1) is 0 Å². The van der Waals surface area contributed by atoms with Crippen molar-refractivity contribution < 1.29 is 9.47 Å². The summed E-state index contributed by atoms with van der Waals surface area (Å²) in [6, 6.07) is 16.5. The molecule has 21 heavy (non-hydrogen) atoms. The van der Waals surface area contributed by atoms with Gasteiger partial charge in [0.1, 0.15) is 5.75 Å². The van der Waals surface area contributed by atoms with Gasteiger partial charge in [0.05, 0.1) is 13.2 Å². The maximum atomic E-state index is 5.65. The van der Waals surface area contributed by atoms with Gasteiger partial charge in [-0.25, -0.2) is 0 Å². The number of benzene rings is 2. The highest BCUT2D eigenvalue weighted by molar-refractivity contribution is 5.46. The summed E-state index contributed by atoms with van der Waals surface area (Å²) in [5.41, 5.74) is 3.48. The summed E-state index contributed by atoms with van der Waals surface area (Å²) >= 11 is 0. The Bertz CT molecular complexity index is 554. The number of hydrogen-bond donors (Lipinski definition) is 1. The predicted octanol–water partition coefficient (Wildman–Crippen LogP) is 4.23. The van der Waals surface area contributed by atoms with Gasteiger partial charge in [0.15, 0.2) is 0 Å². The highest BCUT2D eigenvalue weighted by Crippen LogP contribution is 2.16. The van der Waals surface area contributed by atoms with Crippen molar-refractivity contribution in [1.82, 2.24) is 0 Å². The van der Waals surface area contributed by atoms with E-state index in [0.29, 0.717) is 6.61 Å². The molecule has 0 spiro atoms. The van der Waals surface area contributed by atoms with Crippen molar-refractivity contribution in [2.24, 2.45) is 0 Å². The quantitative estimate of drug-likeness (QED) is 0.787. The molecule has 0 aliphatic carbocycles. The van der Waals surface area contributed by atoms with E-state index in [1.54, 1.807) is 7.11 Å². The molecule has 0 fully saturated rings. The molecule has 0 saturated heterocycles. The normalized spacial score (nSPS) is 10.4. The molecule has 0 amide bonds. The smallest absolute Gasteiger partial charge is 0.119 e. The van der Waals surface area contributed by atoms with Crippen LogP contribution in [0.3, 0.4) is 0 Å². The fraction of sp³-hybridized carbons (Fsp3) is 0.333. The molecule has 112 valence electrons. The first-order valence-electron chi connectivity index (χ1n) is 7.35. The number of methoxy groups -OCH3 is 1. The highest BCUT2D eigenvalue weighted by atomic mass is 16.5. The third-order valence-corrected chi connectivity index (χ3v) is 3.11. The van der Waals surface area contributed by atoms with E-state index in [4.69, 9.17) is 9.47 Å². The van der Waals surface area contributed by atoms with Crippen LogP contribution in [0.2, 0.25) is 0 Å². The van der Waals surface area contributed by atoms with Gasteiger partial charge >= 0.3 is 0 Å². The largest absolute Gasteiger partial charge is 0.494 e. The zero-order valence-electron chi connectivity index (χ0n) is 12.8. The van der Waals surface area contributed by atoms with E-state index >= 15 is 0 Å². The van der Waals surface area contributed by atoms with Crippen molar-refractivity contribution in [3.63, 3.8) is 0 Å². The van der Waals surface area contributed by atoms with Gasteiger partial charge in [-0.15, -0.1) is 0 Å². The fourth-order valence-corrected chi connectivity index (χ4v) is 2.11.